The first-order chi connectivity index (χ1) is 11.3. The summed E-state index contributed by atoms with van der Waals surface area (Å²) >= 11 is 0. The molecule has 0 saturated heterocycles. The van der Waals surface area contributed by atoms with Crippen molar-refractivity contribution in [2.24, 2.45) is 4.99 Å². The second kappa shape index (κ2) is 8.45. The second-order valence-electron chi connectivity index (χ2n) is 5.11. The highest BCUT2D eigenvalue weighted by Gasteiger charge is 2.19. The van der Waals surface area contributed by atoms with Crippen molar-refractivity contribution in [3.05, 3.63) is 48.0 Å². The van der Waals surface area contributed by atoms with Crippen molar-refractivity contribution in [2.45, 2.75) is 6.10 Å². The van der Waals surface area contributed by atoms with Gasteiger partial charge < -0.3 is 31.4 Å². The Balaban J connectivity index is 0.00000208. The molecule has 1 aliphatic rings. The number of methoxy groups -OCH3 is 2. The Morgan fingerprint density at radius 2 is 1.83 bits per heavy atom. The van der Waals surface area contributed by atoms with Crippen LogP contribution in [0.25, 0.3) is 0 Å². The predicted octanol–water partition coefficient (Wildman–Crippen LogP) is -0.0333. The number of para-hydroxylation sites is 2. The third-order valence-electron chi connectivity index (χ3n) is 3.52. The number of aliphatic imine (C=N–C) groups is 1. The topological polar surface area (TPSA) is 49.3 Å². The smallest absolute Gasteiger partial charge is 0.161 e. The summed E-state index contributed by atoms with van der Waals surface area (Å²) in [5.41, 5.74) is 0.944. The lowest BCUT2D eigenvalue weighted by molar-refractivity contribution is -0.00000590. The number of hydrogen-bond acceptors (Lipinski definition) is 5. The molecular formula is C18H19ClNO4-. The molecule has 0 radical (unpaired) electrons. The fourth-order valence-corrected chi connectivity index (χ4v) is 2.36. The van der Waals surface area contributed by atoms with E-state index in [9.17, 15) is 0 Å². The number of halogens is 1. The van der Waals surface area contributed by atoms with Crippen LogP contribution < -0.4 is 31.4 Å². The predicted molar refractivity (Wildman–Crippen MR) is 88.4 cm³/mol. The number of rotatable bonds is 5. The van der Waals surface area contributed by atoms with Crippen LogP contribution in [-0.4, -0.2) is 39.7 Å². The molecule has 0 fully saturated rings. The highest BCUT2D eigenvalue weighted by atomic mass is 35.5. The van der Waals surface area contributed by atoms with Gasteiger partial charge in [-0.1, -0.05) is 12.1 Å². The minimum Gasteiger partial charge on any atom is -1.00 e. The largest absolute Gasteiger partial charge is 1.00 e. The van der Waals surface area contributed by atoms with Crippen LogP contribution in [0, 0.1) is 0 Å². The van der Waals surface area contributed by atoms with E-state index in [1.54, 1.807) is 20.4 Å². The first kappa shape index (κ1) is 17.9. The molecule has 6 heteroatoms. The van der Waals surface area contributed by atoms with Gasteiger partial charge in [0.25, 0.3) is 0 Å². The molecular weight excluding hydrogens is 330 g/mol. The van der Waals surface area contributed by atoms with Crippen molar-refractivity contribution >= 4 is 6.21 Å². The van der Waals surface area contributed by atoms with Crippen LogP contribution in [0.3, 0.4) is 0 Å². The van der Waals surface area contributed by atoms with E-state index >= 15 is 0 Å². The summed E-state index contributed by atoms with van der Waals surface area (Å²) in [7, 11) is 3.23. The maximum Gasteiger partial charge on any atom is 0.161 e. The van der Waals surface area contributed by atoms with Crippen LogP contribution in [0.1, 0.15) is 5.56 Å². The second-order valence-corrected chi connectivity index (χ2v) is 5.11. The zero-order valence-electron chi connectivity index (χ0n) is 13.6. The van der Waals surface area contributed by atoms with Gasteiger partial charge in [0.2, 0.25) is 0 Å². The summed E-state index contributed by atoms with van der Waals surface area (Å²) in [4.78, 5) is 4.44. The molecule has 0 N–H and O–H groups in total. The highest BCUT2D eigenvalue weighted by Crippen LogP contribution is 2.31. The summed E-state index contributed by atoms with van der Waals surface area (Å²) in [6.07, 6.45) is 1.72. The van der Waals surface area contributed by atoms with Crippen molar-refractivity contribution < 1.29 is 31.4 Å². The molecule has 1 unspecified atom stereocenters. The van der Waals surface area contributed by atoms with Crippen molar-refractivity contribution in [3.63, 3.8) is 0 Å². The maximum absolute atomic E-state index is 5.87. The molecule has 0 aromatic heterocycles. The number of hydrogen-bond donors (Lipinski definition) is 0. The van der Waals surface area contributed by atoms with Gasteiger partial charge in [-0.15, -0.1) is 0 Å². The van der Waals surface area contributed by atoms with E-state index in [0.717, 1.165) is 17.1 Å². The summed E-state index contributed by atoms with van der Waals surface area (Å²) in [5.74, 6) is 2.94. The van der Waals surface area contributed by atoms with E-state index in [2.05, 4.69) is 4.99 Å². The van der Waals surface area contributed by atoms with Crippen LogP contribution >= 0.6 is 0 Å². The van der Waals surface area contributed by atoms with Gasteiger partial charge >= 0.3 is 0 Å². The van der Waals surface area contributed by atoms with Crippen molar-refractivity contribution in [2.75, 3.05) is 27.4 Å². The number of ether oxygens (including phenoxy) is 4. The van der Waals surface area contributed by atoms with Gasteiger partial charge in [-0.25, -0.2) is 0 Å². The lowest BCUT2D eigenvalue weighted by Crippen LogP contribution is -3.00. The molecule has 1 atom stereocenters. The number of nitrogens with zero attached hydrogens (tertiary/aromatic N) is 1. The zero-order chi connectivity index (χ0) is 16.1. The molecule has 1 heterocycles. The number of benzene rings is 2. The van der Waals surface area contributed by atoms with E-state index < -0.39 is 0 Å². The molecule has 0 saturated carbocycles. The molecule has 24 heavy (non-hydrogen) atoms. The first-order valence-corrected chi connectivity index (χ1v) is 7.40. The molecule has 0 bridgehead atoms. The fraction of sp³-hybridized carbons (Fsp3) is 0.278. The van der Waals surface area contributed by atoms with Crippen LogP contribution in [0.2, 0.25) is 0 Å². The summed E-state index contributed by atoms with van der Waals surface area (Å²) in [6.45, 7) is 1.03. The zero-order valence-corrected chi connectivity index (χ0v) is 14.3. The summed E-state index contributed by atoms with van der Waals surface area (Å²) in [5, 5.41) is 0. The molecule has 2 aromatic carbocycles. The molecule has 3 rings (SSSR count). The molecule has 0 spiro atoms. The van der Waals surface area contributed by atoms with Crippen LogP contribution in [-0.2, 0) is 0 Å². The lowest BCUT2D eigenvalue weighted by Gasteiger charge is -2.25. The third-order valence-corrected chi connectivity index (χ3v) is 3.52. The van der Waals surface area contributed by atoms with Crippen LogP contribution in [0.4, 0.5) is 0 Å². The highest BCUT2D eigenvalue weighted by molar-refractivity contribution is 5.80. The van der Waals surface area contributed by atoms with Crippen LogP contribution in [0.5, 0.6) is 23.0 Å². The number of fused-ring (bicyclic) bond motifs is 1. The van der Waals surface area contributed by atoms with E-state index in [0.29, 0.717) is 24.7 Å². The summed E-state index contributed by atoms with van der Waals surface area (Å²) < 4.78 is 22.0. The van der Waals surface area contributed by atoms with E-state index in [1.807, 2.05) is 42.5 Å². The van der Waals surface area contributed by atoms with Gasteiger partial charge in [0.05, 0.1) is 20.8 Å². The quantitative estimate of drug-likeness (QED) is 0.712. The Morgan fingerprint density at radius 1 is 1.08 bits per heavy atom. The maximum atomic E-state index is 5.87. The summed E-state index contributed by atoms with van der Waals surface area (Å²) in [6, 6.07) is 13.3. The Hall–Kier alpha value is -2.40. The SMILES string of the molecule is COc1ccc(C=NCC2COc3ccccc3O2)cc1OC.[Cl-]. The van der Waals surface area contributed by atoms with Crippen LogP contribution in [0.15, 0.2) is 47.5 Å². The Morgan fingerprint density at radius 3 is 2.58 bits per heavy atom. The van der Waals surface area contributed by atoms with Gasteiger partial charge in [0.1, 0.15) is 6.61 Å². The third kappa shape index (κ3) is 4.11. The van der Waals surface area contributed by atoms with Gasteiger partial charge in [0, 0.05) is 6.21 Å². The van der Waals surface area contributed by atoms with Gasteiger partial charge in [-0.05, 0) is 35.9 Å². The molecule has 0 aliphatic carbocycles. The van der Waals surface area contributed by atoms with E-state index in [-0.39, 0.29) is 18.5 Å². The molecule has 1 aliphatic heterocycles. The van der Waals surface area contributed by atoms with Crippen molar-refractivity contribution in [1.29, 1.82) is 0 Å². The molecule has 0 amide bonds. The normalized spacial score (nSPS) is 15.7. The van der Waals surface area contributed by atoms with Gasteiger partial charge in [-0.3, -0.25) is 4.99 Å². The first-order valence-electron chi connectivity index (χ1n) is 7.40. The Kier molecular flexibility index (Phi) is 6.32. The standard InChI is InChI=1S/C18H19NO4.ClH/c1-20-15-8-7-13(9-18(15)21-2)10-19-11-14-12-22-16-5-3-4-6-17(16)23-14;/h3-10,14H,11-12H2,1-2H3;1H/p-1. The average Bonchev–Trinajstić information content (AvgIpc) is 2.61. The molecule has 2 aromatic rings. The Labute approximate surface area is 147 Å². The fourth-order valence-electron chi connectivity index (χ4n) is 2.36. The average molecular weight is 349 g/mol. The van der Waals surface area contributed by atoms with Gasteiger partial charge in [-0.2, -0.15) is 0 Å². The monoisotopic (exact) mass is 348 g/mol. The Bertz CT molecular complexity index is 705. The van der Waals surface area contributed by atoms with Crippen molar-refractivity contribution in [1.82, 2.24) is 0 Å². The van der Waals surface area contributed by atoms with E-state index in [1.165, 1.54) is 0 Å². The molecule has 128 valence electrons. The van der Waals surface area contributed by atoms with E-state index in [4.69, 9.17) is 18.9 Å². The minimum atomic E-state index is -0.0821. The lowest BCUT2D eigenvalue weighted by atomic mass is 10.2. The van der Waals surface area contributed by atoms with Gasteiger partial charge in [0.15, 0.2) is 29.1 Å². The molecule has 5 nitrogen and oxygen atoms in total. The minimum absolute atomic E-state index is 0. The van der Waals surface area contributed by atoms with Crippen molar-refractivity contribution in [3.8, 4) is 23.0 Å².